The van der Waals surface area contributed by atoms with Crippen LogP contribution in [0.3, 0.4) is 0 Å². The lowest BCUT2D eigenvalue weighted by atomic mass is 9.99. The summed E-state index contributed by atoms with van der Waals surface area (Å²) in [4.78, 5) is 14.8. The van der Waals surface area contributed by atoms with Gasteiger partial charge in [0, 0.05) is 23.5 Å². The van der Waals surface area contributed by atoms with E-state index in [9.17, 15) is 4.79 Å². The molecule has 3 heteroatoms. The van der Waals surface area contributed by atoms with Crippen molar-refractivity contribution < 1.29 is 4.79 Å². The molecule has 0 N–H and O–H groups in total. The molecule has 17 heavy (non-hydrogen) atoms. The Kier molecular flexibility index (Phi) is 2.97. The van der Waals surface area contributed by atoms with E-state index < -0.39 is 0 Å². The standard InChI is InChI=1S/C14H10N2O/c1-10-2-3-11(9-17)5-14(10)13-4-12(6-15)7-16-8-13/h2-5,7-9H,1H3. The first-order chi connectivity index (χ1) is 8.24. The molecule has 0 aliphatic rings. The zero-order valence-electron chi connectivity index (χ0n) is 9.34. The van der Waals surface area contributed by atoms with E-state index in [0.717, 1.165) is 23.0 Å². The predicted octanol–water partition coefficient (Wildman–Crippen LogP) is 2.74. The normalized spacial score (nSPS) is 9.65. The van der Waals surface area contributed by atoms with E-state index in [0.29, 0.717) is 11.1 Å². The van der Waals surface area contributed by atoms with Crippen LogP contribution in [0.4, 0.5) is 0 Å². The minimum absolute atomic E-state index is 0.512. The van der Waals surface area contributed by atoms with Gasteiger partial charge in [-0.3, -0.25) is 9.78 Å². The second-order valence-electron chi connectivity index (χ2n) is 3.77. The van der Waals surface area contributed by atoms with Gasteiger partial charge in [-0.25, -0.2) is 0 Å². The van der Waals surface area contributed by atoms with Crippen LogP contribution < -0.4 is 0 Å². The van der Waals surface area contributed by atoms with E-state index in [2.05, 4.69) is 11.1 Å². The fourth-order valence-corrected chi connectivity index (χ4v) is 1.67. The number of hydrogen-bond donors (Lipinski definition) is 0. The molecule has 2 aromatic rings. The molecule has 82 valence electrons. The molecule has 0 aliphatic heterocycles. The van der Waals surface area contributed by atoms with Crippen LogP contribution in [0.2, 0.25) is 0 Å². The van der Waals surface area contributed by atoms with E-state index in [-0.39, 0.29) is 0 Å². The lowest BCUT2D eigenvalue weighted by molar-refractivity contribution is 0.112. The number of aryl methyl sites for hydroxylation is 1. The smallest absolute Gasteiger partial charge is 0.150 e. The fraction of sp³-hybridized carbons (Fsp3) is 0.0714. The van der Waals surface area contributed by atoms with Gasteiger partial charge in [0.05, 0.1) is 5.56 Å². The summed E-state index contributed by atoms with van der Waals surface area (Å²) in [5, 5.41) is 8.83. The van der Waals surface area contributed by atoms with Crippen LogP contribution in [-0.2, 0) is 0 Å². The summed E-state index contributed by atoms with van der Waals surface area (Å²) in [6.45, 7) is 1.96. The fourth-order valence-electron chi connectivity index (χ4n) is 1.67. The molecule has 0 amide bonds. The van der Waals surface area contributed by atoms with Gasteiger partial charge in [0.2, 0.25) is 0 Å². The highest BCUT2D eigenvalue weighted by atomic mass is 16.1. The van der Waals surface area contributed by atoms with Gasteiger partial charge < -0.3 is 0 Å². The predicted molar refractivity (Wildman–Crippen MR) is 64.5 cm³/mol. The van der Waals surface area contributed by atoms with E-state index in [1.807, 2.05) is 13.0 Å². The summed E-state index contributed by atoms with van der Waals surface area (Å²) in [5.74, 6) is 0. The molecule has 0 radical (unpaired) electrons. The van der Waals surface area contributed by atoms with Crippen LogP contribution >= 0.6 is 0 Å². The van der Waals surface area contributed by atoms with Crippen LogP contribution in [0.5, 0.6) is 0 Å². The highest BCUT2D eigenvalue weighted by Crippen LogP contribution is 2.24. The van der Waals surface area contributed by atoms with Crippen molar-refractivity contribution in [1.82, 2.24) is 4.98 Å². The first kappa shape index (κ1) is 11.0. The summed E-state index contributed by atoms with van der Waals surface area (Å²) in [7, 11) is 0. The number of aromatic nitrogens is 1. The Bertz CT molecular complexity index is 612. The number of nitriles is 1. The van der Waals surface area contributed by atoms with E-state index >= 15 is 0 Å². The number of pyridine rings is 1. The molecule has 1 aromatic carbocycles. The third kappa shape index (κ3) is 2.21. The number of aldehydes is 1. The van der Waals surface area contributed by atoms with Gasteiger partial charge in [-0.05, 0) is 30.2 Å². The molecular formula is C14H10N2O. The van der Waals surface area contributed by atoms with Crippen molar-refractivity contribution in [2.24, 2.45) is 0 Å². The second kappa shape index (κ2) is 4.58. The van der Waals surface area contributed by atoms with E-state index in [1.165, 1.54) is 6.20 Å². The minimum Gasteiger partial charge on any atom is -0.298 e. The van der Waals surface area contributed by atoms with Gasteiger partial charge in [-0.15, -0.1) is 0 Å². The molecule has 1 aromatic heterocycles. The summed E-state index contributed by atoms with van der Waals surface area (Å²) < 4.78 is 0. The van der Waals surface area contributed by atoms with Crippen molar-refractivity contribution in [2.45, 2.75) is 6.92 Å². The number of hydrogen-bond acceptors (Lipinski definition) is 3. The van der Waals surface area contributed by atoms with Crippen LogP contribution in [0, 0.1) is 18.3 Å². The largest absolute Gasteiger partial charge is 0.298 e. The topological polar surface area (TPSA) is 53.8 Å². The summed E-state index contributed by atoms with van der Waals surface area (Å²) in [6.07, 6.45) is 4.02. The van der Waals surface area contributed by atoms with Crippen molar-refractivity contribution in [3.8, 4) is 17.2 Å². The molecule has 0 bridgehead atoms. The van der Waals surface area contributed by atoms with Crippen molar-refractivity contribution in [3.05, 3.63) is 53.3 Å². The third-order valence-corrected chi connectivity index (χ3v) is 2.58. The molecule has 3 nitrogen and oxygen atoms in total. The van der Waals surface area contributed by atoms with Crippen molar-refractivity contribution >= 4 is 6.29 Å². The highest BCUT2D eigenvalue weighted by Gasteiger charge is 2.04. The van der Waals surface area contributed by atoms with Gasteiger partial charge in [0.1, 0.15) is 12.4 Å². The molecule has 0 spiro atoms. The van der Waals surface area contributed by atoms with Crippen molar-refractivity contribution in [1.29, 1.82) is 5.26 Å². The molecule has 0 unspecified atom stereocenters. The quantitative estimate of drug-likeness (QED) is 0.734. The first-order valence-electron chi connectivity index (χ1n) is 5.16. The van der Waals surface area contributed by atoms with Gasteiger partial charge in [0.25, 0.3) is 0 Å². The molecular weight excluding hydrogens is 212 g/mol. The monoisotopic (exact) mass is 222 g/mol. The Hall–Kier alpha value is -2.47. The minimum atomic E-state index is 0.512. The van der Waals surface area contributed by atoms with E-state index in [4.69, 9.17) is 5.26 Å². The Morgan fingerprint density at radius 2 is 2.12 bits per heavy atom. The third-order valence-electron chi connectivity index (χ3n) is 2.58. The van der Waals surface area contributed by atoms with Crippen LogP contribution in [0.15, 0.2) is 36.7 Å². The maximum absolute atomic E-state index is 10.8. The molecule has 0 saturated heterocycles. The Morgan fingerprint density at radius 3 is 2.82 bits per heavy atom. The highest BCUT2D eigenvalue weighted by molar-refractivity contribution is 5.80. The lowest BCUT2D eigenvalue weighted by Crippen LogP contribution is -1.89. The van der Waals surface area contributed by atoms with Crippen LogP contribution in [-0.4, -0.2) is 11.3 Å². The lowest BCUT2D eigenvalue weighted by Gasteiger charge is -2.06. The number of nitrogens with zero attached hydrogens (tertiary/aromatic N) is 2. The van der Waals surface area contributed by atoms with Gasteiger partial charge in [-0.1, -0.05) is 12.1 Å². The average Bonchev–Trinajstić information content (AvgIpc) is 2.39. The van der Waals surface area contributed by atoms with Crippen molar-refractivity contribution in [2.75, 3.05) is 0 Å². The van der Waals surface area contributed by atoms with Gasteiger partial charge >= 0.3 is 0 Å². The molecule has 0 atom stereocenters. The SMILES string of the molecule is Cc1ccc(C=O)cc1-c1cncc(C#N)c1. The molecule has 2 rings (SSSR count). The molecule has 0 fully saturated rings. The van der Waals surface area contributed by atoms with E-state index in [1.54, 1.807) is 24.4 Å². The van der Waals surface area contributed by atoms with Gasteiger partial charge in [0.15, 0.2) is 0 Å². The Morgan fingerprint density at radius 1 is 1.29 bits per heavy atom. The number of carbonyl (C=O) groups is 1. The maximum Gasteiger partial charge on any atom is 0.150 e. The van der Waals surface area contributed by atoms with Gasteiger partial charge in [-0.2, -0.15) is 5.26 Å². The van der Waals surface area contributed by atoms with Crippen LogP contribution in [0.1, 0.15) is 21.5 Å². The number of rotatable bonds is 2. The molecule has 0 aliphatic carbocycles. The summed E-state index contributed by atoms with van der Waals surface area (Å²) in [6, 6.07) is 9.29. The molecule has 0 saturated carbocycles. The Balaban J connectivity index is 2.59. The zero-order valence-corrected chi connectivity index (χ0v) is 9.34. The average molecular weight is 222 g/mol. The number of carbonyl (C=O) groups excluding carboxylic acids is 1. The Labute approximate surface area is 99.4 Å². The first-order valence-corrected chi connectivity index (χ1v) is 5.16. The van der Waals surface area contributed by atoms with Crippen molar-refractivity contribution in [3.63, 3.8) is 0 Å². The molecule has 1 heterocycles. The summed E-state index contributed by atoms with van der Waals surface area (Å²) >= 11 is 0. The van der Waals surface area contributed by atoms with Crippen LogP contribution in [0.25, 0.3) is 11.1 Å². The second-order valence-corrected chi connectivity index (χ2v) is 3.77. The summed E-state index contributed by atoms with van der Waals surface area (Å²) in [5.41, 5.74) is 3.96. The zero-order chi connectivity index (χ0) is 12.3. The maximum atomic E-state index is 10.8. The number of benzene rings is 1.